The Hall–Kier alpha value is -1.18. The van der Waals surface area contributed by atoms with E-state index in [0.717, 1.165) is 6.54 Å². The summed E-state index contributed by atoms with van der Waals surface area (Å²) in [5, 5.41) is 3.05. The molecule has 1 saturated heterocycles. The van der Waals surface area contributed by atoms with Crippen molar-refractivity contribution >= 4 is 15.8 Å². The van der Waals surface area contributed by atoms with Crippen LogP contribution < -0.4 is 5.32 Å². The Labute approximate surface area is 126 Å². The molecule has 1 unspecified atom stereocenters. The summed E-state index contributed by atoms with van der Waals surface area (Å²) in [6.45, 7) is 9.10. The molecule has 1 aromatic rings. The summed E-state index contributed by atoms with van der Waals surface area (Å²) in [5.41, 5.74) is -0.484. The Balaban J connectivity index is 2.24. The summed E-state index contributed by atoms with van der Waals surface area (Å²) in [5.74, 6) is 0.673. The molecule has 0 radical (unpaired) electrons. The Morgan fingerprint density at radius 2 is 2.19 bits per heavy atom. The van der Waals surface area contributed by atoms with Crippen LogP contribution in [-0.4, -0.2) is 49.0 Å². The second-order valence-corrected chi connectivity index (χ2v) is 7.83. The summed E-state index contributed by atoms with van der Waals surface area (Å²) < 4.78 is 32.6. The molecule has 1 fully saturated rings. The van der Waals surface area contributed by atoms with Crippen molar-refractivity contribution in [2.45, 2.75) is 44.3 Å². The molecule has 0 saturated carbocycles. The van der Waals surface area contributed by atoms with E-state index in [1.54, 1.807) is 12.1 Å². The molecule has 0 aliphatic carbocycles. The van der Waals surface area contributed by atoms with Gasteiger partial charge >= 0.3 is 0 Å². The number of anilines is 1. The van der Waals surface area contributed by atoms with Gasteiger partial charge in [0, 0.05) is 25.8 Å². The van der Waals surface area contributed by atoms with Crippen molar-refractivity contribution in [1.82, 2.24) is 9.29 Å². The van der Waals surface area contributed by atoms with E-state index in [9.17, 15) is 8.42 Å². The van der Waals surface area contributed by atoms with Gasteiger partial charge in [-0.1, -0.05) is 0 Å². The first kappa shape index (κ1) is 16.2. The first-order valence-corrected chi connectivity index (χ1v) is 8.56. The Morgan fingerprint density at radius 3 is 2.71 bits per heavy atom. The summed E-state index contributed by atoms with van der Waals surface area (Å²) in [7, 11) is -3.53. The van der Waals surface area contributed by atoms with Gasteiger partial charge in [0.15, 0.2) is 0 Å². The number of nitrogens with one attached hydrogen (secondary N) is 1. The minimum Gasteiger partial charge on any atom is -0.370 e. The number of morpholine rings is 1. The van der Waals surface area contributed by atoms with E-state index >= 15 is 0 Å². The molecular formula is C14H23N3O3S. The first-order valence-electron chi connectivity index (χ1n) is 7.12. The third-order valence-electron chi connectivity index (χ3n) is 3.27. The van der Waals surface area contributed by atoms with Crippen LogP contribution in [0.2, 0.25) is 0 Å². The van der Waals surface area contributed by atoms with Crippen LogP contribution in [0.4, 0.5) is 5.82 Å². The van der Waals surface area contributed by atoms with Crippen molar-refractivity contribution < 1.29 is 13.2 Å². The first-order chi connectivity index (χ1) is 9.74. The van der Waals surface area contributed by atoms with Crippen LogP contribution in [0.15, 0.2) is 23.2 Å². The number of hydrogen-bond acceptors (Lipinski definition) is 5. The van der Waals surface area contributed by atoms with Crippen molar-refractivity contribution in [3.8, 4) is 0 Å². The van der Waals surface area contributed by atoms with Crippen molar-refractivity contribution in [1.29, 1.82) is 0 Å². The molecule has 0 spiro atoms. The minimum atomic E-state index is -3.53. The maximum absolute atomic E-state index is 12.7. The molecule has 1 aliphatic heterocycles. The molecule has 2 rings (SSSR count). The molecule has 21 heavy (non-hydrogen) atoms. The van der Waals surface area contributed by atoms with Gasteiger partial charge in [-0.3, -0.25) is 0 Å². The molecule has 7 heteroatoms. The normalized spacial score (nSPS) is 23.0. The molecular weight excluding hydrogens is 290 g/mol. The Bertz CT molecular complexity index is 584. The van der Waals surface area contributed by atoms with Gasteiger partial charge in [0.05, 0.1) is 11.7 Å². The topological polar surface area (TPSA) is 71.5 Å². The fourth-order valence-electron chi connectivity index (χ4n) is 2.55. The van der Waals surface area contributed by atoms with E-state index in [4.69, 9.17) is 4.74 Å². The summed E-state index contributed by atoms with van der Waals surface area (Å²) in [6.07, 6.45) is 1.28. The molecule has 2 heterocycles. The lowest BCUT2D eigenvalue weighted by Gasteiger charge is -2.40. The van der Waals surface area contributed by atoms with Crippen LogP contribution >= 0.6 is 0 Å². The maximum Gasteiger partial charge on any atom is 0.244 e. The second-order valence-electron chi connectivity index (χ2n) is 5.90. The number of ether oxygens (including phenoxy) is 1. The number of hydrogen-bond donors (Lipinski definition) is 1. The maximum atomic E-state index is 12.7. The third-order valence-corrected chi connectivity index (χ3v) is 5.07. The number of aromatic nitrogens is 1. The predicted octanol–water partition coefficient (Wildman–Crippen LogP) is 1.70. The van der Waals surface area contributed by atoms with Crippen LogP contribution in [-0.2, 0) is 14.8 Å². The van der Waals surface area contributed by atoms with Gasteiger partial charge in [-0.2, -0.15) is 4.31 Å². The highest BCUT2D eigenvalue weighted by atomic mass is 32.2. The van der Waals surface area contributed by atoms with Gasteiger partial charge < -0.3 is 10.1 Å². The number of sulfonamides is 1. The van der Waals surface area contributed by atoms with E-state index in [1.807, 2.05) is 27.7 Å². The Morgan fingerprint density at radius 1 is 1.48 bits per heavy atom. The third kappa shape index (κ3) is 3.72. The zero-order valence-electron chi connectivity index (χ0n) is 13.0. The summed E-state index contributed by atoms with van der Waals surface area (Å²) in [6, 6.07) is 3.28. The average Bonchev–Trinajstić information content (AvgIpc) is 2.37. The highest BCUT2D eigenvalue weighted by Crippen LogP contribution is 2.26. The number of nitrogens with zero attached hydrogens (tertiary/aromatic N) is 2. The van der Waals surface area contributed by atoms with E-state index in [0.29, 0.717) is 18.9 Å². The van der Waals surface area contributed by atoms with Gasteiger partial charge in [0.1, 0.15) is 10.7 Å². The second kappa shape index (κ2) is 5.90. The summed E-state index contributed by atoms with van der Waals surface area (Å²) >= 11 is 0. The number of rotatable bonds is 4. The summed E-state index contributed by atoms with van der Waals surface area (Å²) in [4.78, 5) is 4.35. The van der Waals surface area contributed by atoms with Gasteiger partial charge in [0.2, 0.25) is 10.0 Å². The quantitative estimate of drug-likeness (QED) is 0.916. The zero-order valence-corrected chi connectivity index (χ0v) is 13.8. The SMILES string of the molecule is CCNc1ccc(S(=O)(=O)N2CC(C)OC(C)(C)C2)cn1. The minimum absolute atomic E-state index is 0.127. The highest BCUT2D eigenvalue weighted by Gasteiger charge is 2.37. The number of pyridine rings is 1. The van der Waals surface area contributed by atoms with Gasteiger partial charge in [0.25, 0.3) is 0 Å². The molecule has 1 atom stereocenters. The fraction of sp³-hybridized carbons (Fsp3) is 0.643. The average molecular weight is 313 g/mol. The van der Waals surface area contributed by atoms with Crippen LogP contribution in [0.5, 0.6) is 0 Å². The van der Waals surface area contributed by atoms with Crippen molar-refractivity contribution in [2.75, 3.05) is 25.0 Å². The van der Waals surface area contributed by atoms with E-state index < -0.39 is 15.6 Å². The molecule has 118 valence electrons. The predicted molar refractivity (Wildman–Crippen MR) is 81.8 cm³/mol. The fourth-order valence-corrected chi connectivity index (χ4v) is 4.16. The lowest BCUT2D eigenvalue weighted by atomic mass is 10.1. The lowest BCUT2D eigenvalue weighted by Crippen LogP contribution is -2.53. The van der Waals surface area contributed by atoms with E-state index in [2.05, 4.69) is 10.3 Å². The van der Waals surface area contributed by atoms with Gasteiger partial charge in [-0.05, 0) is 39.8 Å². The Kier molecular flexibility index (Phi) is 4.55. The molecule has 0 aromatic carbocycles. The highest BCUT2D eigenvalue weighted by molar-refractivity contribution is 7.89. The van der Waals surface area contributed by atoms with Crippen molar-refractivity contribution in [3.63, 3.8) is 0 Å². The van der Waals surface area contributed by atoms with Crippen molar-refractivity contribution in [3.05, 3.63) is 18.3 Å². The molecule has 1 N–H and O–H groups in total. The molecule has 0 amide bonds. The molecule has 0 bridgehead atoms. The van der Waals surface area contributed by atoms with Gasteiger partial charge in [-0.25, -0.2) is 13.4 Å². The van der Waals surface area contributed by atoms with Crippen molar-refractivity contribution in [2.24, 2.45) is 0 Å². The van der Waals surface area contributed by atoms with Gasteiger partial charge in [-0.15, -0.1) is 0 Å². The van der Waals surface area contributed by atoms with E-state index in [1.165, 1.54) is 10.5 Å². The van der Waals surface area contributed by atoms with Crippen LogP contribution in [0, 0.1) is 0 Å². The monoisotopic (exact) mass is 313 g/mol. The molecule has 1 aromatic heterocycles. The molecule has 6 nitrogen and oxygen atoms in total. The molecule has 1 aliphatic rings. The zero-order chi connectivity index (χ0) is 15.7. The smallest absolute Gasteiger partial charge is 0.244 e. The standard InChI is InChI=1S/C14H23N3O3S/c1-5-15-13-7-6-12(8-16-13)21(18,19)17-9-11(2)20-14(3,4)10-17/h6-8,11H,5,9-10H2,1-4H3,(H,15,16). The lowest BCUT2D eigenvalue weighted by molar-refractivity contribution is -0.109. The van der Waals surface area contributed by atoms with E-state index in [-0.39, 0.29) is 11.0 Å². The van der Waals surface area contributed by atoms with Crippen LogP contribution in [0.1, 0.15) is 27.7 Å². The largest absolute Gasteiger partial charge is 0.370 e. The van der Waals surface area contributed by atoms with Crippen LogP contribution in [0.3, 0.4) is 0 Å². The van der Waals surface area contributed by atoms with Crippen LogP contribution in [0.25, 0.3) is 0 Å².